The highest BCUT2D eigenvalue weighted by atomic mass is 19.1. The van der Waals surface area contributed by atoms with Crippen molar-refractivity contribution in [3.8, 4) is 0 Å². The van der Waals surface area contributed by atoms with Crippen LogP contribution in [0.3, 0.4) is 0 Å². The molecule has 0 saturated carbocycles. The van der Waals surface area contributed by atoms with E-state index in [0.29, 0.717) is 17.9 Å². The number of likely N-dealkylation sites (N-methyl/N-ethyl adjacent to an activating group) is 1. The summed E-state index contributed by atoms with van der Waals surface area (Å²) in [6.07, 6.45) is 2.65. The first-order valence-electron chi connectivity index (χ1n) is 6.94. The van der Waals surface area contributed by atoms with Crippen LogP contribution in [-0.4, -0.2) is 25.8 Å². The maximum absolute atomic E-state index is 13.7. The Hall–Kier alpha value is -1.00. The monoisotopic (exact) mass is 269 g/mol. The third-order valence-corrected chi connectivity index (χ3v) is 3.62. The summed E-state index contributed by atoms with van der Waals surface area (Å²) in [5.41, 5.74) is 0.575. The molecule has 2 nitrogen and oxygen atoms in total. The molecule has 4 heteroatoms. The van der Waals surface area contributed by atoms with E-state index in [1.807, 2.05) is 6.92 Å². The van der Waals surface area contributed by atoms with E-state index < -0.39 is 11.6 Å². The predicted molar refractivity (Wildman–Crippen MR) is 71.1 cm³/mol. The average Bonchev–Trinajstić information content (AvgIpc) is 2.86. The Balaban J connectivity index is 1.98. The fraction of sp³-hybridized carbons (Fsp3) is 0.600. The molecule has 0 amide bonds. The van der Waals surface area contributed by atoms with E-state index in [-0.39, 0.29) is 6.04 Å². The maximum atomic E-state index is 13.7. The van der Waals surface area contributed by atoms with Gasteiger partial charge in [-0.1, -0.05) is 13.0 Å². The van der Waals surface area contributed by atoms with Crippen LogP contribution in [0.5, 0.6) is 0 Å². The molecule has 106 valence electrons. The van der Waals surface area contributed by atoms with Gasteiger partial charge in [0.2, 0.25) is 0 Å². The summed E-state index contributed by atoms with van der Waals surface area (Å²) in [6.45, 7) is 4.52. The minimum Gasteiger partial charge on any atom is -0.381 e. The van der Waals surface area contributed by atoms with Gasteiger partial charge >= 0.3 is 0 Å². The number of rotatable bonds is 6. The predicted octanol–water partition coefficient (Wildman–Crippen LogP) is 2.91. The second-order valence-corrected chi connectivity index (χ2v) is 5.16. The lowest BCUT2D eigenvalue weighted by Crippen LogP contribution is -2.33. The Morgan fingerprint density at radius 2 is 2.26 bits per heavy atom. The second kappa shape index (κ2) is 6.96. The molecule has 19 heavy (non-hydrogen) atoms. The smallest absolute Gasteiger partial charge is 0.129 e. The molecule has 1 heterocycles. The Kier molecular flexibility index (Phi) is 5.28. The molecular formula is C15H21F2NO. The van der Waals surface area contributed by atoms with Gasteiger partial charge in [0.15, 0.2) is 0 Å². The summed E-state index contributed by atoms with van der Waals surface area (Å²) in [5.74, 6) is -0.427. The standard InChI is InChI=1S/C15H21F2NO/c1-2-18-14(7-11-5-6-19-10-11)8-12-3-4-13(16)9-15(12)17/h3-4,9,11,14,18H,2,5-8,10H2,1H3. The number of nitrogens with one attached hydrogen (secondary N) is 1. The summed E-state index contributed by atoms with van der Waals surface area (Å²) < 4.78 is 31.9. The van der Waals surface area contributed by atoms with Gasteiger partial charge in [-0.15, -0.1) is 0 Å². The van der Waals surface area contributed by atoms with Crippen LogP contribution < -0.4 is 5.32 Å². The molecule has 2 unspecified atom stereocenters. The zero-order chi connectivity index (χ0) is 13.7. The third kappa shape index (κ3) is 4.25. The summed E-state index contributed by atoms with van der Waals surface area (Å²) in [7, 11) is 0. The van der Waals surface area contributed by atoms with E-state index in [1.165, 1.54) is 6.07 Å². The molecule has 0 aromatic heterocycles. The van der Waals surface area contributed by atoms with Crippen molar-refractivity contribution in [1.82, 2.24) is 5.32 Å². The number of benzene rings is 1. The van der Waals surface area contributed by atoms with Crippen molar-refractivity contribution in [2.75, 3.05) is 19.8 Å². The summed E-state index contributed by atoms with van der Waals surface area (Å²) in [4.78, 5) is 0. The molecule has 1 aliphatic heterocycles. The molecule has 2 atom stereocenters. The van der Waals surface area contributed by atoms with Gasteiger partial charge in [0, 0.05) is 25.3 Å². The van der Waals surface area contributed by atoms with Crippen LogP contribution in [0.25, 0.3) is 0 Å². The SMILES string of the molecule is CCNC(Cc1ccc(F)cc1F)CC1CCOC1. The van der Waals surface area contributed by atoms with E-state index >= 15 is 0 Å². The van der Waals surface area contributed by atoms with Gasteiger partial charge in [-0.2, -0.15) is 0 Å². The summed E-state index contributed by atoms with van der Waals surface area (Å²) >= 11 is 0. The van der Waals surface area contributed by atoms with Crippen LogP contribution in [0.2, 0.25) is 0 Å². The third-order valence-electron chi connectivity index (χ3n) is 3.62. The molecule has 1 aromatic rings. The second-order valence-electron chi connectivity index (χ2n) is 5.16. The minimum absolute atomic E-state index is 0.219. The molecule has 1 N–H and O–H groups in total. The van der Waals surface area contributed by atoms with E-state index in [1.54, 1.807) is 6.07 Å². The van der Waals surface area contributed by atoms with Gasteiger partial charge in [-0.05, 0) is 43.4 Å². The zero-order valence-electron chi connectivity index (χ0n) is 11.3. The molecule has 0 bridgehead atoms. The number of halogens is 2. The molecule has 1 saturated heterocycles. The van der Waals surface area contributed by atoms with E-state index in [9.17, 15) is 8.78 Å². The Morgan fingerprint density at radius 3 is 2.89 bits per heavy atom. The van der Waals surface area contributed by atoms with Gasteiger partial charge in [0.25, 0.3) is 0 Å². The lowest BCUT2D eigenvalue weighted by atomic mass is 9.94. The van der Waals surface area contributed by atoms with Crippen LogP contribution in [0.4, 0.5) is 8.78 Å². The van der Waals surface area contributed by atoms with E-state index in [0.717, 1.165) is 38.7 Å². The Morgan fingerprint density at radius 1 is 1.42 bits per heavy atom. The van der Waals surface area contributed by atoms with Crippen molar-refractivity contribution in [2.24, 2.45) is 5.92 Å². The van der Waals surface area contributed by atoms with Crippen molar-refractivity contribution >= 4 is 0 Å². The summed E-state index contributed by atoms with van der Waals surface area (Å²) in [5, 5.41) is 3.38. The lowest BCUT2D eigenvalue weighted by Gasteiger charge is -2.21. The average molecular weight is 269 g/mol. The normalized spacial score (nSPS) is 20.7. The molecule has 0 aliphatic carbocycles. The Bertz CT molecular complexity index is 405. The Labute approximate surface area is 113 Å². The van der Waals surface area contributed by atoms with Crippen molar-refractivity contribution in [3.63, 3.8) is 0 Å². The quantitative estimate of drug-likeness (QED) is 0.857. The van der Waals surface area contributed by atoms with Crippen LogP contribution in [0.15, 0.2) is 18.2 Å². The van der Waals surface area contributed by atoms with Crippen molar-refractivity contribution in [1.29, 1.82) is 0 Å². The van der Waals surface area contributed by atoms with Crippen LogP contribution in [0.1, 0.15) is 25.3 Å². The highest BCUT2D eigenvalue weighted by molar-refractivity contribution is 5.19. The van der Waals surface area contributed by atoms with Gasteiger partial charge < -0.3 is 10.1 Å². The number of hydrogen-bond donors (Lipinski definition) is 1. The highest BCUT2D eigenvalue weighted by Gasteiger charge is 2.21. The molecule has 0 spiro atoms. The largest absolute Gasteiger partial charge is 0.381 e. The summed E-state index contributed by atoms with van der Waals surface area (Å²) in [6, 6.07) is 4.04. The maximum Gasteiger partial charge on any atom is 0.129 e. The molecule has 1 fully saturated rings. The first-order chi connectivity index (χ1) is 9.19. The van der Waals surface area contributed by atoms with Crippen molar-refractivity contribution in [2.45, 2.75) is 32.2 Å². The molecule has 0 radical (unpaired) electrons. The van der Waals surface area contributed by atoms with Crippen molar-refractivity contribution in [3.05, 3.63) is 35.4 Å². The van der Waals surface area contributed by atoms with Gasteiger partial charge in [-0.3, -0.25) is 0 Å². The first-order valence-corrected chi connectivity index (χ1v) is 6.94. The fourth-order valence-corrected chi connectivity index (χ4v) is 2.65. The molecule has 2 rings (SSSR count). The van der Waals surface area contributed by atoms with Gasteiger partial charge in [0.05, 0.1) is 0 Å². The fourth-order valence-electron chi connectivity index (χ4n) is 2.65. The zero-order valence-corrected chi connectivity index (χ0v) is 11.3. The van der Waals surface area contributed by atoms with E-state index in [4.69, 9.17) is 4.74 Å². The number of hydrogen-bond acceptors (Lipinski definition) is 2. The molecular weight excluding hydrogens is 248 g/mol. The molecule has 1 aromatic carbocycles. The molecule has 1 aliphatic rings. The van der Waals surface area contributed by atoms with Crippen LogP contribution in [0, 0.1) is 17.6 Å². The van der Waals surface area contributed by atoms with Gasteiger partial charge in [0.1, 0.15) is 11.6 Å². The van der Waals surface area contributed by atoms with Crippen LogP contribution >= 0.6 is 0 Å². The first kappa shape index (κ1) is 14.4. The highest BCUT2D eigenvalue weighted by Crippen LogP contribution is 2.21. The van der Waals surface area contributed by atoms with Gasteiger partial charge in [-0.25, -0.2) is 8.78 Å². The van der Waals surface area contributed by atoms with Crippen LogP contribution in [-0.2, 0) is 11.2 Å². The lowest BCUT2D eigenvalue weighted by molar-refractivity contribution is 0.181. The number of ether oxygens (including phenoxy) is 1. The topological polar surface area (TPSA) is 21.3 Å². The van der Waals surface area contributed by atoms with E-state index in [2.05, 4.69) is 5.32 Å². The minimum atomic E-state index is -0.523. The van der Waals surface area contributed by atoms with Crippen molar-refractivity contribution < 1.29 is 13.5 Å².